The van der Waals surface area contributed by atoms with Crippen molar-refractivity contribution in [1.82, 2.24) is 4.90 Å². The zero-order valence-electron chi connectivity index (χ0n) is 15.0. The molecule has 1 aromatic rings. The van der Waals surface area contributed by atoms with Gasteiger partial charge in [-0.05, 0) is 56.4 Å². The first-order chi connectivity index (χ1) is 12.0. The van der Waals surface area contributed by atoms with Crippen LogP contribution in [0.25, 0.3) is 0 Å². The van der Waals surface area contributed by atoms with Gasteiger partial charge in [0, 0.05) is 24.3 Å². The van der Waals surface area contributed by atoms with Crippen LogP contribution in [0, 0.1) is 6.92 Å². The average Bonchev–Trinajstić information content (AvgIpc) is 3.10. The number of hydrogen-bond acceptors (Lipinski definition) is 3. The summed E-state index contributed by atoms with van der Waals surface area (Å²) in [5.74, 6) is -0.0962. The van der Waals surface area contributed by atoms with Crippen molar-refractivity contribution in [2.75, 3.05) is 18.4 Å². The molecular weight excluding hydrogens is 316 g/mol. The van der Waals surface area contributed by atoms with Gasteiger partial charge in [-0.1, -0.05) is 19.3 Å². The van der Waals surface area contributed by atoms with E-state index in [1.807, 2.05) is 17.9 Å². The highest BCUT2D eigenvalue weighted by atomic mass is 16.3. The molecule has 1 heterocycles. The van der Waals surface area contributed by atoms with Crippen LogP contribution in [0.15, 0.2) is 18.2 Å². The predicted octanol–water partition coefficient (Wildman–Crippen LogP) is 3.25. The van der Waals surface area contributed by atoms with Crippen molar-refractivity contribution < 1.29 is 14.7 Å². The molecule has 1 aromatic carbocycles. The molecule has 25 heavy (non-hydrogen) atoms. The zero-order chi connectivity index (χ0) is 17.9. The molecule has 136 valence electrons. The van der Waals surface area contributed by atoms with Crippen LogP contribution in [0.1, 0.15) is 67.3 Å². The highest BCUT2D eigenvalue weighted by Gasteiger charge is 2.31. The first-order valence-corrected chi connectivity index (χ1v) is 9.39. The van der Waals surface area contributed by atoms with E-state index in [-0.39, 0.29) is 18.2 Å². The van der Waals surface area contributed by atoms with Crippen LogP contribution in [0.5, 0.6) is 0 Å². The molecule has 2 fully saturated rings. The molecule has 3 rings (SSSR count). The van der Waals surface area contributed by atoms with Crippen molar-refractivity contribution in [2.45, 2.75) is 63.9 Å². The Kier molecular flexibility index (Phi) is 5.42. The summed E-state index contributed by atoms with van der Waals surface area (Å²) in [6, 6.07) is 5.41. The Bertz CT molecular complexity index is 644. The minimum atomic E-state index is -0.859. The van der Waals surface area contributed by atoms with Crippen LogP contribution in [-0.2, 0) is 4.79 Å². The van der Waals surface area contributed by atoms with Crippen molar-refractivity contribution in [3.05, 3.63) is 29.3 Å². The van der Waals surface area contributed by atoms with Gasteiger partial charge in [-0.2, -0.15) is 0 Å². The number of aryl methyl sites for hydroxylation is 1. The van der Waals surface area contributed by atoms with Crippen LogP contribution in [0.4, 0.5) is 5.69 Å². The number of carbonyl (C=O) groups excluding carboxylic acids is 2. The Labute approximate surface area is 149 Å². The average molecular weight is 344 g/mol. The quantitative estimate of drug-likeness (QED) is 0.881. The van der Waals surface area contributed by atoms with Gasteiger partial charge in [-0.3, -0.25) is 9.59 Å². The van der Waals surface area contributed by atoms with E-state index in [9.17, 15) is 14.7 Å². The number of carbonyl (C=O) groups is 2. The van der Waals surface area contributed by atoms with Crippen LogP contribution >= 0.6 is 0 Å². The summed E-state index contributed by atoms with van der Waals surface area (Å²) in [7, 11) is 0. The van der Waals surface area contributed by atoms with E-state index in [1.165, 1.54) is 0 Å². The van der Waals surface area contributed by atoms with Crippen molar-refractivity contribution >= 4 is 17.5 Å². The molecule has 1 aliphatic heterocycles. The monoisotopic (exact) mass is 344 g/mol. The third-order valence-corrected chi connectivity index (χ3v) is 5.41. The molecule has 0 atom stereocenters. The number of aliphatic hydroxyl groups is 1. The SMILES string of the molecule is Cc1cc(C(=O)N2CCCC2)ccc1NC(=O)CC1(O)CCCCC1. The van der Waals surface area contributed by atoms with Crippen LogP contribution in [-0.4, -0.2) is 40.5 Å². The van der Waals surface area contributed by atoms with Gasteiger partial charge in [-0.15, -0.1) is 0 Å². The highest BCUT2D eigenvalue weighted by molar-refractivity contribution is 5.96. The van der Waals surface area contributed by atoms with Gasteiger partial charge in [0.15, 0.2) is 0 Å². The van der Waals surface area contributed by atoms with Gasteiger partial charge in [0.05, 0.1) is 12.0 Å². The van der Waals surface area contributed by atoms with E-state index in [2.05, 4.69) is 5.32 Å². The summed E-state index contributed by atoms with van der Waals surface area (Å²) < 4.78 is 0. The molecule has 2 N–H and O–H groups in total. The summed E-state index contributed by atoms with van der Waals surface area (Å²) in [5, 5.41) is 13.4. The van der Waals surface area contributed by atoms with E-state index < -0.39 is 5.60 Å². The molecule has 2 aliphatic rings. The second kappa shape index (κ2) is 7.56. The fraction of sp³-hybridized carbons (Fsp3) is 0.600. The number of nitrogens with one attached hydrogen (secondary N) is 1. The summed E-state index contributed by atoms with van der Waals surface area (Å²) in [4.78, 5) is 26.6. The lowest BCUT2D eigenvalue weighted by Gasteiger charge is -2.31. The third-order valence-electron chi connectivity index (χ3n) is 5.41. The number of likely N-dealkylation sites (tertiary alicyclic amines) is 1. The van der Waals surface area contributed by atoms with Crippen LogP contribution < -0.4 is 5.32 Å². The number of hydrogen-bond donors (Lipinski definition) is 2. The topological polar surface area (TPSA) is 69.6 Å². The first-order valence-electron chi connectivity index (χ1n) is 9.39. The lowest BCUT2D eigenvalue weighted by Crippen LogP contribution is -2.36. The normalized spacial score (nSPS) is 19.7. The maximum atomic E-state index is 12.4. The molecule has 5 nitrogen and oxygen atoms in total. The van der Waals surface area contributed by atoms with Gasteiger partial charge in [-0.25, -0.2) is 0 Å². The molecule has 0 bridgehead atoms. The van der Waals surface area contributed by atoms with Crippen molar-refractivity contribution in [1.29, 1.82) is 0 Å². The van der Waals surface area contributed by atoms with E-state index >= 15 is 0 Å². The third kappa shape index (κ3) is 4.40. The van der Waals surface area contributed by atoms with Crippen molar-refractivity contribution in [3.8, 4) is 0 Å². The summed E-state index contributed by atoms with van der Waals surface area (Å²) >= 11 is 0. The lowest BCUT2D eigenvalue weighted by molar-refractivity contribution is -0.122. The van der Waals surface area contributed by atoms with Gasteiger partial charge in [0.2, 0.25) is 5.91 Å². The first kappa shape index (κ1) is 17.9. The van der Waals surface area contributed by atoms with Gasteiger partial charge in [0.25, 0.3) is 5.91 Å². The fourth-order valence-electron chi connectivity index (χ4n) is 3.92. The van der Waals surface area contributed by atoms with Crippen LogP contribution in [0.2, 0.25) is 0 Å². The number of amides is 2. The van der Waals surface area contributed by atoms with E-state index in [4.69, 9.17) is 0 Å². The standard InChI is InChI=1S/C20H28N2O3/c1-15-13-16(19(24)22-11-5-6-12-22)7-8-17(15)21-18(23)14-20(25)9-3-2-4-10-20/h7-8,13,25H,2-6,9-12,14H2,1H3,(H,21,23). The maximum Gasteiger partial charge on any atom is 0.253 e. The number of anilines is 1. The van der Waals surface area contributed by atoms with Gasteiger partial charge >= 0.3 is 0 Å². The maximum absolute atomic E-state index is 12.4. The summed E-state index contributed by atoms with van der Waals surface area (Å²) in [6.45, 7) is 3.55. The van der Waals surface area contributed by atoms with Crippen molar-refractivity contribution in [2.24, 2.45) is 0 Å². The predicted molar refractivity (Wildman–Crippen MR) is 97.6 cm³/mol. The molecular formula is C20H28N2O3. The second-order valence-electron chi connectivity index (χ2n) is 7.54. The summed E-state index contributed by atoms with van der Waals surface area (Å²) in [5.41, 5.74) is 1.39. The molecule has 1 saturated heterocycles. The molecule has 5 heteroatoms. The Balaban J connectivity index is 1.62. The molecule has 2 amide bonds. The lowest BCUT2D eigenvalue weighted by atomic mass is 9.82. The minimum Gasteiger partial charge on any atom is -0.389 e. The Morgan fingerprint density at radius 3 is 2.44 bits per heavy atom. The molecule has 0 radical (unpaired) electrons. The van der Waals surface area contributed by atoms with E-state index in [1.54, 1.807) is 12.1 Å². The largest absolute Gasteiger partial charge is 0.389 e. The number of rotatable bonds is 4. The Hall–Kier alpha value is -1.88. The minimum absolute atomic E-state index is 0.0648. The smallest absolute Gasteiger partial charge is 0.253 e. The van der Waals surface area contributed by atoms with Crippen LogP contribution in [0.3, 0.4) is 0 Å². The summed E-state index contributed by atoms with van der Waals surface area (Å²) in [6.07, 6.45) is 6.78. The zero-order valence-corrected chi connectivity index (χ0v) is 15.0. The Morgan fingerprint density at radius 1 is 1.12 bits per heavy atom. The van der Waals surface area contributed by atoms with Crippen molar-refractivity contribution in [3.63, 3.8) is 0 Å². The second-order valence-corrected chi connectivity index (χ2v) is 7.54. The van der Waals surface area contributed by atoms with E-state index in [0.717, 1.165) is 50.8 Å². The Morgan fingerprint density at radius 2 is 1.80 bits per heavy atom. The number of benzene rings is 1. The molecule has 0 unspecified atom stereocenters. The fourth-order valence-corrected chi connectivity index (χ4v) is 3.92. The van der Waals surface area contributed by atoms with Gasteiger partial charge < -0.3 is 15.3 Å². The molecule has 0 spiro atoms. The highest BCUT2D eigenvalue weighted by Crippen LogP contribution is 2.31. The molecule has 0 aromatic heterocycles. The van der Waals surface area contributed by atoms with Gasteiger partial charge in [0.1, 0.15) is 0 Å². The number of nitrogens with zero attached hydrogens (tertiary/aromatic N) is 1. The van der Waals surface area contributed by atoms with E-state index in [0.29, 0.717) is 24.1 Å². The molecule has 1 aliphatic carbocycles. The molecule has 1 saturated carbocycles.